The molecule has 1 aromatic carbocycles. The van der Waals surface area contributed by atoms with Gasteiger partial charge >= 0.3 is 0 Å². The van der Waals surface area contributed by atoms with E-state index in [4.69, 9.17) is 4.74 Å². The molecule has 1 amide bonds. The maximum absolute atomic E-state index is 12.5. The molecule has 0 N–H and O–H groups in total. The highest BCUT2D eigenvalue weighted by Crippen LogP contribution is 2.48. The lowest BCUT2D eigenvalue weighted by Gasteiger charge is -2.47. The van der Waals surface area contributed by atoms with Crippen LogP contribution in [0.1, 0.15) is 37.2 Å². The van der Waals surface area contributed by atoms with Crippen LogP contribution >= 0.6 is 0 Å². The van der Waals surface area contributed by atoms with E-state index >= 15 is 0 Å². The molecule has 4 rings (SSSR count). The van der Waals surface area contributed by atoms with Crippen molar-refractivity contribution in [2.75, 3.05) is 39.9 Å². The van der Waals surface area contributed by atoms with Crippen LogP contribution in [-0.2, 0) is 9.53 Å². The van der Waals surface area contributed by atoms with Gasteiger partial charge in [-0.05, 0) is 30.7 Å². The highest BCUT2D eigenvalue weighted by atomic mass is 16.5. The third-order valence-electron chi connectivity index (χ3n) is 6.53. The Morgan fingerprint density at radius 1 is 1.21 bits per heavy atom. The van der Waals surface area contributed by atoms with E-state index in [-0.39, 0.29) is 5.54 Å². The summed E-state index contributed by atoms with van der Waals surface area (Å²) in [6.45, 7) is 5.20. The predicted octanol–water partition coefficient (Wildman–Crippen LogP) is 2.50. The number of likely N-dealkylation sites (tertiary alicyclic amines) is 2. The summed E-state index contributed by atoms with van der Waals surface area (Å²) >= 11 is 0. The molecular weight excluding hydrogens is 300 g/mol. The number of hydrogen-bond acceptors (Lipinski definition) is 3. The van der Waals surface area contributed by atoms with E-state index in [1.165, 1.54) is 12.0 Å². The molecule has 1 aromatic rings. The number of carbonyl (C=O) groups is 1. The maximum atomic E-state index is 12.5. The van der Waals surface area contributed by atoms with Crippen molar-refractivity contribution in [3.05, 3.63) is 35.9 Å². The third kappa shape index (κ3) is 2.76. The van der Waals surface area contributed by atoms with Crippen LogP contribution in [0, 0.1) is 5.92 Å². The second kappa shape index (κ2) is 6.49. The van der Waals surface area contributed by atoms with E-state index in [1.54, 1.807) is 0 Å². The summed E-state index contributed by atoms with van der Waals surface area (Å²) < 4.78 is 5.52. The van der Waals surface area contributed by atoms with Crippen molar-refractivity contribution in [1.82, 2.24) is 9.80 Å². The minimum absolute atomic E-state index is 0.0150. The molecule has 130 valence electrons. The molecule has 0 aromatic heterocycles. The molecule has 3 saturated heterocycles. The van der Waals surface area contributed by atoms with Gasteiger partial charge in [0.25, 0.3) is 0 Å². The zero-order valence-corrected chi connectivity index (χ0v) is 14.6. The SMILES string of the molecule is CN1C(=O)C[C@H](c2ccccc2)C12CCN(C[C@@H]1CCOC1)CC2. The molecule has 0 radical (unpaired) electrons. The first-order chi connectivity index (χ1) is 11.7. The van der Waals surface area contributed by atoms with Crippen LogP contribution in [0.15, 0.2) is 30.3 Å². The zero-order chi connectivity index (χ0) is 16.6. The molecule has 1 spiro atoms. The fourth-order valence-electron chi connectivity index (χ4n) is 5.00. The van der Waals surface area contributed by atoms with Gasteiger partial charge in [-0.2, -0.15) is 0 Å². The van der Waals surface area contributed by atoms with Crippen molar-refractivity contribution in [3.8, 4) is 0 Å². The van der Waals surface area contributed by atoms with Gasteiger partial charge in [0.05, 0.1) is 12.1 Å². The number of nitrogens with zero attached hydrogens (tertiary/aromatic N) is 2. The molecule has 3 aliphatic heterocycles. The fourth-order valence-corrected chi connectivity index (χ4v) is 5.00. The van der Waals surface area contributed by atoms with E-state index < -0.39 is 0 Å². The summed E-state index contributed by atoms with van der Waals surface area (Å²) in [4.78, 5) is 17.1. The van der Waals surface area contributed by atoms with Crippen molar-refractivity contribution in [2.24, 2.45) is 5.92 Å². The first-order valence-electron chi connectivity index (χ1n) is 9.31. The fraction of sp³-hybridized carbons (Fsp3) is 0.650. The Morgan fingerprint density at radius 2 is 1.96 bits per heavy atom. The zero-order valence-electron chi connectivity index (χ0n) is 14.6. The van der Waals surface area contributed by atoms with Gasteiger partial charge in [0.1, 0.15) is 0 Å². The Morgan fingerprint density at radius 3 is 2.62 bits per heavy atom. The van der Waals surface area contributed by atoms with Crippen LogP contribution < -0.4 is 0 Å². The summed E-state index contributed by atoms with van der Waals surface area (Å²) in [5, 5.41) is 0. The van der Waals surface area contributed by atoms with Gasteiger partial charge in [-0.25, -0.2) is 0 Å². The number of benzene rings is 1. The van der Waals surface area contributed by atoms with Crippen molar-refractivity contribution in [3.63, 3.8) is 0 Å². The molecule has 0 unspecified atom stereocenters. The van der Waals surface area contributed by atoms with Gasteiger partial charge in [0.2, 0.25) is 5.91 Å². The minimum atomic E-state index is 0.0150. The molecule has 0 saturated carbocycles. The summed E-state index contributed by atoms with van der Waals surface area (Å²) in [7, 11) is 2.02. The number of piperidine rings is 1. The van der Waals surface area contributed by atoms with Crippen LogP contribution in [-0.4, -0.2) is 61.1 Å². The Kier molecular flexibility index (Phi) is 4.35. The van der Waals surface area contributed by atoms with E-state index in [1.807, 2.05) is 7.05 Å². The standard InChI is InChI=1S/C20H28N2O2/c1-21-19(23)13-18(17-5-3-2-4-6-17)20(21)8-10-22(11-9-20)14-16-7-12-24-15-16/h2-6,16,18H,7-15H2,1H3/t16-,18+/m0/s1. The van der Waals surface area contributed by atoms with Crippen molar-refractivity contribution < 1.29 is 9.53 Å². The maximum Gasteiger partial charge on any atom is 0.223 e. The van der Waals surface area contributed by atoms with Crippen LogP contribution in [0.2, 0.25) is 0 Å². The Balaban J connectivity index is 1.49. The Labute approximate surface area is 144 Å². The second-order valence-corrected chi connectivity index (χ2v) is 7.75. The average Bonchev–Trinajstić information content (AvgIpc) is 3.21. The molecule has 4 heteroatoms. The van der Waals surface area contributed by atoms with Crippen LogP contribution in [0.4, 0.5) is 0 Å². The number of hydrogen-bond donors (Lipinski definition) is 0. The number of rotatable bonds is 3. The summed E-state index contributed by atoms with van der Waals surface area (Å²) in [6.07, 6.45) is 4.04. The van der Waals surface area contributed by atoms with Gasteiger partial charge in [-0.1, -0.05) is 30.3 Å². The first-order valence-corrected chi connectivity index (χ1v) is 9.31. The predicted molar refractivity (Wildman–Crippen MR) is 93.9 cm³/mol. The van der Waals surface area contributed by atoms with Gasteiger partial charge in [-0.15, -0.1) is 0 Å². The van der Waals surface area contributed by atoms with Crippen LogP contribution in [0.25, 0.3) is 0 Å². The molecule has 24 heavy (non-hydrogen) atoms. The number of amides is 1. The molecule has 0 aliphatic carbocycles. The van der Waals surface area contributed by atoms with E-state index in [0.717, 1.165) is 45.7 Å². The quantitative estimate of drug-likeness (QED) is 0.855. The highest BCUT2D eigenvalue weighted by molar-refractivity contribution is 5.81. The topological polar surface area (TPSA) is 32.8 Å². The van der Waals surface area contributed by atoms with Gasteiger partial charge in [0.15, 0.2) is 0 Å². The lowest BCUT2D eigenvalue weighted by atomic mass is 9.73. The second-order valence-electron chi connectivity index (χ2n) is 7.75. The van der Waals surface area contributed by atoms with Gasteiger partial charge in [0, 0.05) is 45.6 Å². The van der Waals surface area contributed by atoms with Crippen LogP contribution in [0.5, 0.6) is 0 Å². The first kappa shape index (κ1) is 16.1. The van der Waals surface area contributed by atoms with Gasteiger partial charge < -0.3 is 14.5 Å². The molecule has 3 aliphatic rings. The monoisotopic (exact) mass is 328 g/mol. The smallest absolute Gasteiger partial charge is 0.223 e. The van der Waals surface area contributed by atoms with Gasteiger partial charge in [-0.3, -0.25) is 4.79 Å². The molecule has 4 nitrogen and oxygen atoms in total. The van der Waals surface area contributed by atoms with Crippen molar-refractivity contribution in [1.29, 1.82) is 0 Å². The third-order valence-corrected chi connectivity index (χ3v) is 6.53. The Hall–Kier alpha value is -1.39. The van der Waals surface area contributed by atoms with Crippen molar-refractivity contribution >= 4 is 5.91 Å². The summed E-state index contributed by atoms with van der Waals surface area (Å²) in [5.74, 6) is 1.35. The summed E-state index contributed by atoms with van der Waals surface area (Å²) in [6, 6.07) is 10.6. The van der Waals surface area contributed by atoms with Crippen LogP contribution in [0.3, 0.4) is 0 Å². The normalized spacial score (nSPS) is 30.4. The molecule has 3 heterocycles. The number of carbonyl (C=O) groups excluding carboxylic acids is 1. The Bertz CT molecular complexity index is 575. The average molecular weight is 328 g/mol. The molecule has 3 fully saturated rings. The summed E-state index contributed by atoms with van der Waals surface area (Å²) in [5.41, 5.74) is 1.34. The van der Waals surface area contributed by atoms with E-state index in [2.05, 4.69) is 40.1 Å². The molecular formula is C20H28N2O2. The van der Waals surface area contributed by atoms with Crippen molar-refractivity contribution in [2.45, 2.75) is 37.1 Å². The highest BCUT2D eigenvalue weighted by Gasteiger charge is 2.52. The molecule has 2 atom stereocenters. The minimum Gasteiger partial charge on any atom is -0.381 e. The largest absolute Gasteiger partial charge is 0.381 e. The number of ether oxygens (including phenoxy) is 1. The molecule has 0 bridgehead atoms. The lowest BCUT2D eigenvalue weighted by molar-refractivity contribution is -0.130. The lowest BCUT2D eigenvalue weighted by Crippen LogP contribution is -2.54. The number of likely N-dealkylation sites (N-methyl/N-ethyl adjacent to an activating group) is 1. The van der Waals surface area contributed by atoms with E-state index in [9.17, 15) is 4.79 Å². The van der Waals surface area contributed by atoms with E-state index in [0.29, 0.717) is 24.2 Å².